The Hall–Kier alpha value is -3.26. The highest BCUT2D eigenvalue weighted by molar-refractivity contribution is 5.91. The zero-order valence-electron chi connectivity index (χ0n) is 18.3. The minimum Gasteiger partial charge on any atom is -0.502 e. The topological polar surface area (TPSA) is 94.5 Å². The van der Waals surface area contributed by atoms with Gasteiger partial charge in [-0.25, -0.2) is 9.59 Å². The number of rotatable bonds is 6. The summed E-state index contributed by atoms with van der Waals surface area (Å²) in [6, 6.07) is 11.9. The maximum atomic E-state index is 12.8. The average Bonchev–Trinajstić information content (AvgIpc) is 2.96. The summed E-state index contributed by atoms with van der Waals surface area (Å²) in [6.07, 6.45) is 1.37. The molecule has 0 saturated carbocycles. The Morgan fingerprint density at radius 3 is 2.16 bits per heavy atom. The number of likely N-dealkylation sites (N-methyl/N-ethyl adjacent to an activating group) is 1. The fraction of sp³-hybridized carbons (Fsp3) is 0.417. The summed E-state index contributed by atoms with van der Waals surface area (Å²) >= 11 is 0. The van der Waals surface area contributed by atoms with E-state index in [0.717, 1.165) is 0 Å². The van der Waals surface area contributed by atoms with Gasteiger partial charge in [-0.05, 0) is 31.3 Å². The number of ether oxygens (including phenoxy) is 4. The molecule has 8 heteroatoms. The zero-order valence-corrected chi connectivity index (χ0v) is 18.3. The Morgan fingerprint density at radius 2 is 1.53 bits per heavy atom. The highest BCUT2D eigenvalue weighted by atomic mass is 16.6. The van der Waals surface area contributed by atoms with Crippen LogP contribution in [0.1, 0.15) is 40.0 Å². The normalized spacial score (nSPS) is 24.6. The Kier molecular flexibility index (Phi) is 6.23. The fourth-order valence-electron chi connectivity index (χ4n) is 4.61. The third-order valence-corrected chi connectivity index (χ3v) is 6.33. The lowest BCUT2D eigenvalue weighted by molar-refractivity contribution is -0.0152. The van der Waals surface area contributed by atoms with E-state index >= 15 is 0 Å². The highest BCUT2D eigenvalue weighted by Crippen LogP contribution is 2.40. The number of piperidine rings is 1. The van der Waals surface area contributed by atoms with Gasteiger partial charge in [0, 0.05) is 25.3 Å². The standard InChI is InChI=1S/C24H27NO7/c1-25-16-11-17(31-24(28)15-9-20(29-2)22(26)21(10-15)30-3)13-18(25)19(12-16)32-23(27)14-7-5-4-6-8-14/h4-10,16-19,26H,11-13H2,1-3H3/t16?,17-,18?,19-/m0/s1. The van der Waals surface area contributed by atoms with Gasteiger partial charge in [0.2, 0.25) is 5.75 Å². The van der Waals surface area contributed by atoms with Crippen LogP contribution in [0.5, 0.6) is 17.2 Å². The van der Waals surface area contributed by atoms with E-state index in [0.29, 0.717) is 24.8 Å². The van der Waals surface area contributed by atoms with Gasteiger partial charge in [0.25, 0.3) is 0 Å². The molecule has 32 heavy (non-hydrogen) atoms. The predicted octanol–water partition coefficient (Wildman–Crippen LogP) is 3.03. The first-order valence-electron chi connectivity index (χ1n) is 10.5. The van der Waals surface area contributed by atoms with Crippen molar-refractivity contribution < 1.29 is 33.6 Å². The van der Waals surface area contributed by atoms with Gasteiger partial charge < -0.3 is 24.1 Å². The summed E-state index contributed by atoms with van der Waals surface area (Å²) in [5.74, 6) is -0.769. The number of esters is 2. The smallest absolute Gasteiger partial charge is 0.338 e. The highest BCUT2D eigenvalue weighted by Gasteiger charge is 2.48. The molecule has 2 fully saturated rings. The van der Waals surface area contributed by atoms with E-state index in [1.54, 1.807) is 24.3 Å². The van der Waals surface area contributed by atoms with Crippen LogP contribution in [-0.2, 0) is 9.47 Å². The number of carbonyl (C=O) groups is 2. The second kappa shape index (κ2) is 9.08. The molecule has 2 aromatic rings. The first kappa shape index (κ1) is 22.0. The molecule has 0 aromatic heterocycles. The van der Waals surface area contributed by atoms with Gasteiger partial charge in [0.15, 0.2) is 11.5 Å². The van der Waals surface area contributed by atoms with Gasteiger partial charge in [0.1, 0.15) is 12.2 Å². The minimum absolute atomic E-state index is 0.0249. The van der Waals surface area contributed by atoms with E-state index in [1.165, 1.54) is 26.4 Å². The maximum Gasteiger partial charge on any atom is 0.338 e. The van der Waals surface area contributed by atoms with Crippen LogP contribution in [0.4, 0.5) is 0 Å². The van der Waals surface area contributed by atoms with E-state index in [1.807, 2.05) is 13.1 Å². The molecule has 2 unspecified atom stereocenters. The second-order valence-corrected chi connectivity index (χ2v) is 8.16. The quantitative estimate of drug-likeness (QED) is 0.684. The largest absolute Gasteiger partial charge is 0.502 e. The molecule has 0 spiro atoms. The van der Waals surface area contributed by atoms with Crippen LogP contribution >= 0.6 is 0 Å². The number of fused-ring (bicyclic) bond motifs is 2. The van der Waals surface area contributed by atoms with E-state index in [4.69, 9.17) is 18.9 Å². The van der Waals surface area contributed by atoms with Gasteiger partial charge >= 0.3 is 11.9 Å². The molecule has 8 nitrogen and oxygen atoms in total. The van der Waals surface area contributed by atoms with Crippen LogP contribution in [-0.4, -0.2) is 67.5 Å². The zero-order chi connectivity index (χ0) is 22.8. The van der Waals surface area contributed by atoms with Crippen molar-refractivity contribution >= 4 is 11.9 Å². The van der Waals surface area contributed by atoms with Gasteiger partial charge in [-0.3, -0.25) is 4.90 Å². The SMILES string of the molecule is COc1cc(C(=O)O[C@H]2CC3C[C@H](OC(=O)c4ccccc4)C(C2)N3C)cc(OC)c1O. The van der Waals surface area contributed by atoms with Gasteiger partial charge in [-0.1, -0.05) is 18.2 Å². The lowest BCUT2D eigenvalue weighted by Crippen LogP contribution is -2.46. The van der Waals surface area contributed by atoms with Gasteiger partial charge in [-0.15, -0.1) is 0 Å². The second-order valence-electron chi connectivity index (χ2n) is 8.16. The summed E-state index contributed by atoms with van der Waals surface area (Å²) in [5, 5.41) is 10.1. The lowest BCUT2D eigenvalue weighted by atomic mass is 10.00. The molecule has 0 amide bonds. The van der Waals surface area contributed by atoms with Crippen molar-refractivity contribution in [1.29, 1.82) is 0 Å². The molecule has 1 N–H and O–H groups in total. The molecule has 2 aliphatic heterocycles. The van der Waals surface area contributed by atoms with E-state index in [-0.39, 0.29) is 53.1 Å². The minimum atomic E-state index is -0.520. The van der Waals surface area contributed by atoms with Crippen molar-refractivity contribution in [2.24, 2.45) is 0 Å². The molecule has 0 radical (unpaired) electrons. The number of aromatic hydroxyl groups is 1. The molecule has 0 aliphatic carbocycles. The number of nitrogens with zero attached hydrogens (tertiary/aromatic N) is 1. The molecule has 2 bridgehead atoms. The summed E-state index contributed by atoms with van der Waals surface area (Å²) in [7, 11) is 4.81. The van der Waals surface area contributed by atoms with Crippen molar-refractivity contribution in [2.45, 2.75) is 43.6 Å². The summed E-state index contributed by atoms with van der Waals surface area (Å²) in [6.45, 7) is 0. The van der Waals surface area contributed by atoms with Gasteiger partial charge in [0.05, 0.1) is 31.4 Å². The molecule has 2 heterocycles. The number of phenolic OH excluding ortho intramolecular Hbond substituents is 1. The van der Waals surface area contributed by atoms with E-state index < -0.39 is 5.97 Å². The van der Waals surface area contributed by atoms with Gasteiger partial charge in [-0.2, -0.15) is 0 Å². The Balaban J connectivity index is 1.43. The Labute approximate surface area is 186 Å². The first-order valence-corrected chi connectivity index (χ1v) is 10.5. The lowest BCUT2D eigenvalue weighted by Gasteiger charge is -2.36. The number of hydrogen-bond donors (Lipinski definition) is 1. The van der Waals surface area contributed by atoms with Crippen molar-refractivity contribution in [3.63, 3.8) is 0 Å². The molecule has 2 aromatic carbocycles. The van der Waals surface area contributed by atoms with Crippen molar-refractivity contribution in [2.75, 3.05) is 21.3 Å². The summed E-state index contributed by atoms with van der Waals surface area (Å²) < 4.78 is 21.8. The average molecular weight is 441 g/mol. The maximum absolute atomic E-state index is 12.8. The van der Waals surface area contributed by atoms with Crippen LogP contribution in [0.25, 0.3) is 0 Å². The van der Waals surface area contributed by atoms with E-state index in [2.05, 4.69) is 4.90 Å². The molecular formula is C24H27NO7. The third-order valence-electron chi connectivity index (χ3n) is 6.33. The van der Waals surface area contributed by atoms with Crippen LogP contribution < -0.4 is 9.47 Å². The molecule has 2 aliphatic rings. The van der Waals surface area contributed by atoms with Crippen LogP contribution in [0.3, 0.4) is 0 Å². The van der Waals surface area contributed by atoms with Crippen molar-refractivity contribution in [1.82, 2.24) is 4.90 Å². The third kappa shape index (κ3) is 4.23. The number of methoxy groups -OCH3 is 2. The molecule has 170 valence electrons. The molecule has 2 saturated heterocycles. The van der Waals surface area contributed by atoms with Crippen LogP contribution in [0.15, 0.2) is 42.5 Å². The molecule has 4 rings (SSSR count). The number of carbonyl (C=O) groups excluding carboxylic acids is 2. The molecule has 4 atom stereocenters. The fourth-order valence-corrected chi connectivity index (χ4v) is 4.61. The predicted molar refractivity (Wildman–Crippen MR) is 115 cm³/mol. The van der Waals surface area contributed by atoms with Crippen molar-refractivity contribution in [3.05, 3.63) is 53.6 Å². The number of phenols is 1. The Bertz CT molecular complexity index is 968. The monoisotopic (exact) mass is 441 g/mol. The Morgan fingerprint density at radius 1 is 0.906 bits per heavy atom. The first-order chi connectivity index (χ1) is 15.4. The number of hydrogen-bond acceptors (Lipinski definition) is 8. The summed E-state index contributed by atoms with van der Waals surface area (Å²) in [4.78, 5) is 27.5. The van der Waals surface area contributed by atoms with Crippen LogP contribution in [0.2, 0.25) is 0 Å². The summed E-state index contributed by atoms with van der Waals surface area (Å²) in [5.41, 5.74) is 0.754. The van der Waals surface area contributed by atoms with Crippen LogP contribution in [0, 0.1) is 0 Å². The van der Waals surface area contributed by atoms with Crippen molar-refractivity contribution in [3.8, 4) is 17.2 Å². The van der Waals surface area contributed by atoms with E-state index in [9.17, 15) is 14.7 Å². The number of benzene rings is 2. The molecular weight excluding hydrogens is 414 g/mol.